The van der Waals surface area contributed by atoms with Gasteiger partial charge in [0.05, 0.1) is 7.11 Å². The van der Waals surface area contributed by atoms with Gasteiger partial charge in [0.1, 0.15) is 17.3 Å². The highest BCUT2D eigenvalue weighted by molar-refractivity contribution is 6.09. The molecule has 1 fully saturated rings. The molecule has 1 N–H and O–H groups in total. The standard InChI is InChI=1S/C29H28N4O2/c1-20-24(17-22(18-31-20)23-11-6-7-13-27(23)35-2)29(34)25-12-8-14-28(32-25)33-16-15-30-26(19-33)21-9-4-3-5-10-21/h3-14,17-18,26,30H,15-16,19H2,1-2H3. The lowest BCUT2D eigenvalue weighted by Gasteiger charge is -2.35. The summed E-state index contributed by atoms with van der Waals surface area (Å²) in [6, 6.07) is 25.9. The molecule has 1 saturated heterocycles. The van der Waals surface area contributed by atoms with Gasteiger partial charge in [-0.15, -0.1) is 0 Å². The molecule has 1 unspecified atom stereocenters. The SMILES string of the molecule is COc1ccccc1-c1cnc(C)c(C(=O)c2cccc(N3CCNC(c4ccccc4)C3)n2)c1. The molecule has 2 aromatic heterocycles. The van der Waals surface area contributed by atoms with Crippen LogP contribution >= 0.6 is 0 Å². The maximum absolute atomic E-state index is 13.6. The van der Waals surface area contributed by atoms with Crippen LogP contribution in [0.3, 0.4) is 0 Å². The Hall–Kier alpha value is -4.03. The molecule has 1 atom stereocenters. The summed E-state index contributed by atoms with van der Waals surface area (Å²) in [6.07, 6.45) is 1.78. The Balaban J connectivity index is 1.42. The smallest absolute Gasteiger partial charge is 0.213 e. The molecule has 0 aliphatic carbocycles. The van der Waals surface area contributed by atoms with Crippen LogP contribution in [-0.4, -0.2) is 42.5 Å². The second-order valence-electron chi connectivity index (χ2n) is 8.63. The van der Waals surface area contributed by atoms with Crippen LogP contribution in [0.15, 0.2) is 85.1 Å². The van der Waals surface area contributed by atoms with Crippen LogP contribution in [-0.2, 0) is 0 Å². The second kappa shape index (κ2) is 10.1. The highest BCUT2D eigenvalue weighted by Crippen LogP contribution is 2.31. The summed E-state index contributed by atoms with van der Waals surface area (Å²) in [5.74, 6) is 1.41. The zero-order valence-electron chi connectivity index (χ0n) is 19.9. The molecule has 6 heteroatoms. The maximum Gasteiger partial charge on any atom is 0.213 e. The highest BCUT2D eigenvalue weighted by atomic mass is 16.5. The molecule has 6 nitrogen and oxygen atoms in total. The van der Waals surface area contributed by atoms with E-state index in [-0.39, 0.29) is 11.8 Å². The van der Waals surface area contributed by atoms with E-state index in [0.29, 0.717) is 17.0 Å². The average molecular weight is 465 g/mol. The van der Waals surface area contributed by atoms with E-state index in [1.165, 1.54) is 5.56 Å². The van der Waals surface area contributed by atoms with Crippen molar-refractivity contribution >= 4 is 11.6 Å². The number of rotatable bonds is 6. The van der Waals surface area contributed by atoms with Gasteiger partial charge in [0.25, 0.3) is 0 Å². The van der Waals surface area contributed by atoms with E-state index in [2.05, 4.69) is 39.5 Å². The largest absolute Gasteiger partial charge is 0.496 e. The van der Waals surface area contributed by atoms with Crippen LogP contribution in [0.25, 0.3) is 11.1 Å². The normalized spacial score (nSPS) is 15.6. The molecule has 1 aliphatic rings. The topological polar surface area (TPSA) is 67.3 Å². The van der Waals surface area contributed by atoms with Gasteiger partial charge < -0.3 is 15.0 Å². The van der Waals surface area contributed by atoms with Crippen molar-refractivity contribution in [1.29, 1.82) is 0 Å². The third-order valence-electron chi connectivity index (χ3n) is 6.42. The van der Waals surface area contributed by atoms with Gasteiger partial charge in [-0.2, -0.15) is 0 Å². The van der Waals surface area contributed by atoms with Crippen molar-refractivity contribution in [3.8, 4) is 16.9 Å². The Morgan fingerprint density at radius 3 is 2.66 bits per heavy atom. The molecule has 1 aliphatic heterocycles. The number of piperazine rings is 1. The van der Waals surface area contributed by atoms with Crippen molar-refractivity contribution in [2.24, 2.45) is 0 Å². The van der Waals surface area contributed by atoms with Crippen molar-refractivity contribution < 1.29 is 9.53 Å². The Morgan fingerprint density at radius 1 is 1.03 bits per heavy atom. The van der Waals surface area contributed by atoms with E-state index in [9.17, 15) is 4.79 Å². The van der Waals surface area contributed by atoms with Crippen LogP contribution in [0.2, 0.25) is 0 Å². The lowest BCUT2D eigenvalue weighted by molar-refractivity contribution is 0.103. The minimum absolute atomic E-state index is 0.136. The van der Waals surface area contributed by atoms with Crippen LogP contribution in [0.1, 0.15) is 33.4 Å². The Morgan fingerprint density at radius 2 is 1.83 bits per heavy atom. The van der Waals surface area contributed by atoms with Gasteiger partial charge in [-0.3, -0.25) is 9.78 Å². The molecule has 4 aromatic rings. The fourth-order valence-corrected chi connectivity index (χ4v) is 4.52. The number of anilines is 1. The monoisotopic (exact) mass is 464 g/mol. The summed E-state index contributed by atoms with van der Waals surface area (Å²) < 4.78 is 5.50. The fraction of sp³-hybridized carbons (Fsp3) is 0.207. The van der Waals surface area contributed by atoms with E-state index in [0.717, 1.165) is 42.3 Å². The number of aryl methyl sites for hydroxylation is 1. The van der Waals surface area contributed by atoms with Crippen molar-refractivity contribution in [3.05, 3.63) is 108 Å². The van der Waals surface area contributed by atoms with E-state index in [1.54, 1.807) is 19.4 Å². The predicted octanol–water partition coefficient (Wildman–Crippen LogP) is 4.84. The minimum atomic E-state index is -0.136. The Bertz CT molecular complexity index is 1340. The number of nitrogens with zero attached hydrogens (tertiary/aromatic N) is 3. The average Bonchev–Trinajstić information content (AvgIpc) is 2.93. The molecule has 35 heavy (non-hydrogen) atoms. The van der Waals surface area contributed by atoms with Gasteiger partial charge in [-0.25, -0.2) is 4.98 Å². The number of aromatic nitrogens is 2. The van der Waals surface area contributed by atoms with Crippen LogP contribution in [0.5, 0.6) is 5.75 Å². The summed E-state index contributed by atoms with van der Waals surface area (Å²) in [5.41, 5.74) is 4.61. The fourth-order valence-electron chi connectivity index (χ4n) is 4.52. The quantitative estimate of drug-likeness (QED) is 0.412. The van der Waals surface area contributed by atoms with Crippen molar-refractivity contribution in [2.45, 2.75) is 13.0 Å². The molecule has 0 amide bonds. The molecule has 0 saturated carbocycles. The van der Waals surface area contributed by atoms with Gasteiger partial charge >= 0.3 is 0 Å². The molecule has 0 spiro atoms. The van der Waals surface area contributed by atoms with Gasteiger partial charge in [-0.05, 0) is 36.8 Å². The first-order valence-corrected chi connectivity index (χ1v) is 11.8. The maximum atomic E-state index is 13.6. The summed E-state index contributed by atoms with van der Waals surface area (Å²) in [5, 5.41) is 3.58. The van der Waals surface area contributed by atoms with Crippen molar-refractivity contribution in [2.75, 3.05) is 31.6 Å². The number of hydrogen-bond donors (Lipinski definition) is 1. The van der Waals surface area contributed by atoms with Crippen LogP contribution in [0.4, 0.5) is 5.82 Å². The van der Waals surface area contributed by atoms with E-state index >= 15 is 0 Å². The molecule has 0 radical (unpaired) electrons. The predicted molar refractivity (Wildman–Crippen MR) is 138 cm³/mol. The Kier molecular flexibility index (Phi) is 6.55. The number of carbonyl (C=O) groups excluding carboxylic acids is 1. The second-order valence-corrected chi connectivity index (χ2v) is 8.63. The number of pyridine rings is 2. The van der Waals surface area contributed by atoms with Gasteiger partial charge in [0, 0.05) is 54.3 Å². The number of ketones is 1. The first kappa shape index (κ1) is 22.7. The van der Waals surface area contributed by atoms with Crippen molar-refractivity contribution in [1.82, 2.24) is 15.3 Å². The zero-order chi connectivity index (χ0) is 24.2. The van der Waals surface area contributed by atoms with Crippen LogP contribution < -0.4 is 15.0 Å². The summed E-state index contributed by atoms with van der Waals surface area (Å²) in [7, 11) is 1.64. The van der Waals surface area contributed by atoms with E-state index in [1.807, 2.05) is 55.5 Å². The minimum Gasteiger partial charge on any atom is -0.496 e. The van der Waals surface area contributed by atoms with Crippen molar-refractivity contribution in [3.63, 3.8) is 0 Å². The number of hydrogen-bond acceptors (Lipinski definition) is 6. The van der Waals surface area contributed by atoms with E-state index < -0.39 is 0 Å². The number of methoxy groups -OCH3 is 1. The molecule has 176 valence electrons. The van der Waals surface area contributed by atoms with Gasteiger partial charge in [0.2, 0.25) is 5.78 Å². The molecular formula is C29H28N4O2. The molecule has 2 aromatic carbocycles. The summed E-state index contributed by atoms with van der Waals surface area (Å²) >= 11 is 0. The summed E-state index contributed by atoms with van der Waals surface area (Å²) in [6.45, 7) is 4.32. The third kappa shape index (κ3) is 4.79. The van der Waals surface area contributed by atoms with E-state index in [4.69, 9.17) is 9.72 Å². The molecule has 5 rings (SSSR count). The number of ether oxygens (including phenoxy) is 1. The zero-order valence-corrected chi connectivity index (χ0v) is 19.9. The lowest BCUT2D eigenvalue weighted by atomic mass is 10.00. The molecular weight excluding hydrogens is 436 g/mol. The van der Waals surface area contributed by atoms with Gasteiger partial charge in [-0.1, -0.05) is 54.6 Å². The van der Waals surface area contributed by atoms with Gasteiger partial charge in [0.15, 0.2) is 0 Å². The summed E-state index contributed by atoms with van der Waals surface area (Å²) in [4.78, 5) is 25.1. The molecule has 3 heterocycles. The van der Waals surface area contributed by atoms with Crippen LogP contribution in [0, 0.1) is 6.92 Å². The number of nitrogens with one attached hydrogen (secondary N) is 1. The Labute approximate surface area is 205 Å². The number of benzene rings is 2. The third-order valence-corrected chi connectivity index (χ3v) is 6.42. The lowest BCUT2D eigenvalue weighted by Crippen LogP contribution is -2.46. The first-order valence-electron chi connectivity index (χ1n) is 11.8. The number of carbonyl (C=O) groups is 1. The highest BCUT2D eigenvalue weighted by Gasteiger charge is 2.23. The molecule has 0 bridgehead atoms. The number of para-hydroxylation sites is 1. The first-order chi connectivity index (χ1) is 17.1.